The van der Waals surface area contributed by atoms with E-state index in [0.717, 1.165) is 23.6 Å². The van der Waals surface area contributed by atoms with Crippen molar-refractivity contribution >= 4 is 5.69 Å². The van der Waals surface area contributed by atoms with Gasteiger partial charge < -0.3 is 9.88 Å². The standard InChI is InChI=1S/C13H18N4/c1-10(2)8-14-12-6-4-11(5-7-12)13-16-15-9-17(13)3/h4-7,9-10,14H,8H2,1-3H3. The molecule has 4 heteroatoms. The van der Waals surface area contributed by atoms with Crippen molar-refractivity contribution in [2.24, 2.45) is 13.0 Å². The summed E-state index contributed by atoms with van der Waals surface area (Å²) in [5.74, 6) is 1.54. The number of rotatable bonds is 4. The molecule has 2 aromatic rings. The van der Waals surface area contributed by atoms with Crippen LogP contribution in [-0.4, -0.2) is 21.3 Å². The number of benzene rings is 1. The highest BCUT2D eigenvalue weighted by Crippen LogP contribution is 2.18. The van der Waals surface area contributed by atoms with Crippen molar-refractivity contribution in [1.29, 1.82) is 0 Å². The highest BCUT2D eigenvalue weighted by molar-refractivity contribution is 5.59. The van der Waals surface area contributed by atoms with Gasteiger partial charge in [-0.2, -0.15) is 0 Å². The summed E-state index contributed by atoms with van der Waals surface area (Å²) >= 11 is 0. The van der Waals surface area contributed by atoms with Gasteiger partial charge in [0, 0.05) is 24.8 Å². The van der Waals surface area contributed by atoms with Gasteiger partial charge in [0.15, 0.2) is 5.82 Å². The highest BCUT2D eigenvalue weighted by Gasteiger charge is 2.03. The van der Waals surface area contributed by atoms with E-state index in [-0.39, 0.29) is 0 Å². The molecule has 0 spiro atoms. The number of hydrogen-bond donors (Lipinski definition) is 1. The molecule has 0 atom stereocenters. The van der Waals surface area contributed by atoms with Gasteiger partial charge in [0.25, 0.3) is 0 Å². The molecule has 0 bridgehead atoms. The monoisotopic (exact) mass is 230 g/mol. The van der Waals surface area contributed by atoms with Crippen LogP contribution >= 0.6 is 0 Å². The molecule has 1 N–H and O–H groups in total. The van der Waals surface area contributed by atoms with Gasteiger partial charge in [-0.1, -0.05) is 13.8 Å². The molecule has 0 unspecified atom stereocenters. The minimum atomic E-state index is 0.647. The van der Waals surface area contributed by atoms with Crippen molar-refractivity contribution in [3.8, 4) is 11.4 Å². The lowest BCUT2D eigenvalue weighted by atomic mass is 10.1. The first kappa shape index (κ1) is 11.6. The molecule has 1 heterocycles. The average molecular weight is 230 g/mol. The van der Waals surface area contributed by atoms with Crippen LogP contribution in [0.4, 0.5) is 5.69 Å². The summed E-state index contributed by atoms with van der Waals surface area (Å²) in [5, 5.41) is 11.3. The predicted octanol–water partition coefficient (Wildman–Crippen LogP) is 2.55. The van der Waals surface area contributed by atoms with Gasteiger partial charge in [0.05, 0.1) is 0 Å². The second-order valence-electron chi connectivity index (χ2n) is 4.62. The van der Waals surface area contributed by atoms with Crippen LogP contribution in [0.5, 0.6) is 0 Å². The summed E-state index contributed by atoms with van der Waals surface area (Å²) in [5.41, 5.74) is 2.23. The Bertz CT molecular complexity index is 470. The van der Waals surface area contributed by atoms with Gasteiger partial charge in [-0.25, -0.2) is 0 Å². The highest BCUT2D eigenvalue weighted by atomic mass is 15.2. The number of aryl methyl sites for hydroxylation is 1. The first-order chi connectivity index (χ1) is 8.16. The zero-order valence-corrected chi connectivity index (χ0v) is 10.5. The third kappa shape index (κ3) is 2.84. The van der Waals surface area contributed by atoms with E-state index in [0.29, 0.717) is 5.92 Å². The van der Waals surface area contributed by atoms with Crippen molar-refractivity contribution < 1.29 is 0 Å². The maximum absolute atomic E-state index is 4.08. The summed E-state index contributed by atoms with van der Waals surface area (Å²) in [6.45, 7) is 5.38. The molecule has 17 heavy (non-hydrogen) atoms. The number of nitrogens with one attached hydrogen (secondary N) is 1. The lowest BCUT2D eigenvalue weighted by Gasteiger charge is -2.09. The summed E-state index contributed by atoms with van der Waals surface area (Å²) in [6, 6.07) is 8.28. The second kappa shape index (κ2) is 4.99. The SMILES string of the molecule is CC(C)CNc1ccc(-c2nncn2C)cc1. The summed E-state index contributed by atoms with van der Waals surface area (Å²) in [6.07, 6.45) is 1.71. The van der Waals surface area contributed by atoms with Gasteiger partial charge in [-0.15, -0.1) is 10.2 Å². The number of hydrogen-bond acceptors (Lipinski definition) is 3. The molecule has 0 saturated heterocycles. The maximum atomic E-state index is 4.08. The van der Waals surface area contributed by atoms with Crippen LogP contribution < -0.4 is 5.32 Å². The van der Waals surface area contributed by atoms with E-state index in [1.54, 1.807) is 6.33 Å². The van der Waals surface area contributed by atoms with Crippen LogP contribution in [-0.2, 0) is 7.05 Å². The Morgan fingerprint density at radius 1 is 1.24 bits per heavy atom. The lowest BCUT2D eigenvalue weighted by molar-refractivity contribution is 0.689. The Balaban J connectivity index is 2.11. The van der Waals surface area contributed by atoms with Crippen molar-refractivity contribution in [3.63, 3.8) is 0 Å². The molecular formula is C13H18N4. The smallest absolute Gasteiger partial charge is 0.163 e. The molecular weight excluding hydrogens is 212 g/mol. The molecule has 0 fully saturated rings. The van der Waals surface area contributed by atoms with Gasteiger partial charge in [0.1, 0.15) is 6.33 Å². The number of nitrogens with zero attached hydrogens (tertiary/aromatic N) is 3. The van der Waals surface area contributed by atoms with Crippen LogP contribution in [0.1, 0.15) is 13.8 Å². The molecule has 4 nitrogen and oxygen atoms in total. The maximum Gasteiger partial charge on any atom is 0.163 e. The van der Waals surface area contributed by atoms with Crippen molar-refractivity contribution in [2.75, 3.05) is 11.9 Å². The molecule has 1 aromatic heterocycles. The largest absolute Gasteiger partial charge is 0.385 e. The fourth-order valence-electron chi connectivity index (χ4n) is 1.60. The average Bonchev–Trinajstić information content (AvgIpc) is 2.73. The Hall–Kier alpha value is -1.84. The van der Waals surface area contributed by atoms with Crippen LogP contribution in [0.25, 0.3) is 11.4 Å². The van der Waals surface area contributed by atoms with Crippen LogP contribution in [0, 0.1) is 5.92 Å². The Kier molecular flexibility index (Phi) is 3.42. The fourth-order valence-corrected chi connectivity index (χ4v) is 1.60. The zero-order valence-electron chi connectivity index (χ0n) is 10.5. The Morgan fingerprint density at radius 3 is 2.47 bits per heavy atom. The van der Waals surface area contributed by atoms with E-state index < -0.39 is 0 Å². The van der Waals surface area contributed by atoms with Crippen LogP contribution in [0.15, 0.2) is 30.6 Å². The third-order valence-corrected chi connectivity index (χ3v) is 2.57. The first-order valence-corrected chi connectivity index (χ1v) is 5.85. The second-order valence-corrected chi connectivity index (χ2v) is 4.62. The summed E-state index contributed by atoms with van der Waals surface area (Å²) < 4.78 is 1.91. The number of aromatic nitrogens is 3. The van der Waals surface area contributed by atoms with Crippen LogP contribution in [0.2, 0.25) is 0 Å². The molecule has 0 saturated carbocycles. The molecule has 0 aliphatic carbocycles. The predicted molar refractivity (Wildman–Crippen MR) is 69.8 cm³/mol. The zero-order chi connectivity index (χ0) is 12.3. The topological polar surface area (TPSA) is 42.7 Å². The van der Waals surface area contributed by atoms with E-state index in [9.17, 15) is 0 Å². The van der Waals surface area contributed by atoms with Gasteiger partial charge in [0.2, 0.25) is 0 Å². The molecule has 0 radical (unpaired) electrons. The first-order valence-electron chi connectivity index (χ1n) is 5.85. The van der Waals surface area contributed by atoms with Gasteiger partial charge in [-0.3, -0.25) is 0 Å². The van der Waals surface area contributed by atoms with Gasteiger partial charge in [-0.05, 0) is 30.2 Å². The van der Waals surface area contributed by atoms with Gasteiger partial charge >= 0.3 is 0 Å². The quantitative estimate of drug-likeness (QED) is 0.877. The molecule has 0 amide bonds. The number of anilines is 1. The third-order valence-electron chi connectivity index (χ3n) is 2.57. The molecule has 2 rings (SSSR count). The van der Waals surface area contributed by atoms with E-state index in [1.165, 1.54) is 0 Å². The molecule has 0 aliphatic rings. The Labute approximate surface area is 102 Å². The minimum Gasteiger partial charge on any atom is -0.385 e. The molecule has 90 valence electrons. The summed E-state index contributed by atoms with van der Waals surface area (Å²) in [7, 11) is 1.94. The van der Waals surface area contributed by atoms with E-state index in [2.05, 4.69) is 53.6 Å². The Morgan fingerprint density at radius 2 is 1.94 bits per heavy atom. The van der Waals surface area contributed by atoms with Crippen LogP contribution in [0.3, 0.4) is 0 Å². The lowest BCUT2D eigenvalue weighted by Crippen LogP contribution is -2.07. The molecule has 1 aromatic carbocycles. The molecule has 0 aliphatic heterocycles. The van der Waals surface area contributed by atoms with Crippen molar-refractivity contribution in [1.82, 2.24) is 14.8 Å². The van der Waals surface area contributed by atoms with E-state index in [4.69, 9.17) is 0 Å². The normalized spacial score (nSPS) is 10.8. The minimum absolute atomic E-state index is 0.647. The van der Waals surface area contributed by atoms with Crippen molar-refractivity contribution in [2.45, 2.75) is 13.8 Å². The van der Waals surface area contributed by atoms with E-state index in [1.807, 2.05) is 11.6 Å². The summed E-state index contributed by atoms with van der Waals surface area (Å²) in [4.78, 5) is 0. The van der Waals surface area contributed by atoms with Crippen molar-refractivity contribution in [3.05, 3.63) is 30.6 Å². The fraction of sp³-hybridized carbons (Fsp3) is 0.385. The van der Waals surface area contributed by atoms with E-state index >= 15 is 0 Å².